The Labute approximate surface area is 65.9 Å². The molecule has 0 heterocycles. The van der Waals surface area contributed by atoms with Gasteiger partial charge in [-0.1, -0.05) is 9.27 Å². The van der Waals surface area contributed by atoms with Crippen molar-refractivity contribution in [2.45, 2.75) is 0 Å². The van der Waals surface area contributed by atoms with Gasteiger partial charge in [-0.15, -0.1) is 0 Å². The van der Waals surface area contributed by atoms with E-state index in [9.17, 15) is 0 Å². The third-order valence-electron chi connectivity index (χ3n) is 0.232. The van der Waals surface area contributed by atoms with Gasteiger partial charge in [0.05, 0.1) is 23.6 Å². The SMILES string of the molecule is ClN=NN(Cl)N(Cl)Cl. The van der Waals surface area contributed by atoms with Crippen molar-refractivity contribution >= 4 is 47.1 Å². The second kappa shape index (κ2) is 4.40. The van der Waals surface area contributed by atoms with Crippen LogP contribution in [0.4, 0.5) is 0 Å². The summed E-state index contributed by atoms with van der Waals surface area (Å²) in [4.78, 5) is 0. The molecule has 0 rings (SSSR count). The molecule has 4 nitrogen and oxygen atoms in total. The first-order valence-corrected chi connectivity index (χ1v) is 2.63. The zero-order valence-corrected chi connectivity index (χ0v) is 6.32. The van der Waals surface area contributed by atoms with Crippen LogP contribution in [0.1, 0.15) is 0 Å². The smallest absolute Gasteiger partial charge is 0.0622 e. The molecule has 0 aliphatic rings. The van der Waals surface area contributed by atoms with E-state index in [-0.39, 0.29) is 0 Å². The highest BCUT2D eigenvalue weighted by Crippen LogP contribution is 2.09. The summed E-state index contributed by atoms with van der Waals surface area (Å²) in [5, 5.41) is 2.98. The maximum absolute atomic E-state index is 5.07. The summed E-state index contributed by atoms with van der Waals surface area (Å²) in [5.74, 6) is 0. The number of nitrogens with zero attached hydrogens (tertiary/aromatic N) is 4. The van der Waals surface area contributed by atoms with Gasteiger partial charge in [-0.05, 0) is 9.27 Å². The van der Waals surface area contributed by atoms with E-state index < -0.39 is 0 Å². The highest BCUT2D eigenvalue weighted by molar-refractivity contribution is 6.35. The lowest BCUT2D eigenvalue weighted by molar-refractivity contribution is 0.290. The maximum Gasteiger partial charge on any atom is 0.0622 e. The molecule has 0 aliphatic heterocycles. The van der Waals surface area contributed by atoms with Crippen molar-refractivity contribution in [1.29, 1.82) is 0 Å². The monoisotopic (exact) mass is 196 g/mol. The van der Waals surface area contributed by atoms with E-state index in [1.54, 1.807) is 0 Å². The van der Waals surface area contributed by atoms with Crippen molar-refractivity contribution in [2.75, 3.05) is 0 Å². The molecule has 0 aromatic heterocycles. The Morgan fingerprint density at radius 1 is 1.12 bits per heavy atom. The Hall–Kier alpha value is 0.520. The lowest BCUT2D eigenvalue weighted by Crippen LogP contribution is -2.10. The number of hydrogen-bond acceptors (Lipinski definition) is 3. The van der Waals surface area contributed by atoms with Gasteiger partial charge in [-0.25, -0.2) is 0 Å². The van der Waals surface area contributed by atoms with E-state index in [1.165, 1.54) is 0 Å². The maximum atomic E-state index is 5.07. The lowest BCUT2D eigenvalue weighted by Gasteiger charge is -2.06. The van der Waals surface area contributed by atoms with Crippen molar-refractivity contribution in [2.24, 2.45) is 9.86 Å². The molecule has 0 spiro atoms. The molecule has 48 valence electrons. The Morgan fingerprint density at radius 3 is 1.75 bits per heavy atom. The van der Waals surface area contributed by atoms with Crippen LogP contribution in [0.3, 0.4) is 0 Å². The second-order valence-electron chi connectivity index (χ2n) is 0.621. The van der Waals surface area contributed by atoms with Crippen LogP contribution in [0.25, 0.3) is 0 Å². The van der Waals surface area contributed by atoms with Crippen LogP contribution in [0.15, 0.2) is 9.86 Å². The predicted molar refractivity (Wildman–Crippen MR) is 31.9 cm³/mol. The molecule has 8 heteroatoms. The summed E-state index contributed by atoms with van der Waals surface area (Å²) in [6, 6.07) is 0. The van der Waals surface area contributed by atoms with E-state index >= 15 is 0 Å². The zero-order valence-electron chi connectivity index (χ0n) is 3.30. The Kier molecular flexibility index (Phi) is 4.69. The fourth-order valence-electron chi connectivity index (χ4n) is 0.0581. The summed E-state index contributed by atoms with van der Waals surface area (Å²) < 4.78 is 3.70. The van der Waals surface area contributed by atoms with Crippen molar-refractivity contribution in [3.8, 4) is 0 Å². The topological polar surface area (TPSA) is 31.2 Å². The van der Waals surface area contributed by atoms with Crippen molar-refractivity contribution in [3.63, 3.8) is 0 Å². The molecule has 0 aliphatic carbocycles. The normalized spacial score (nSPS) is 11.1. The zero-order chi connectivity index (χ0) is 6.57. The predicted octanol–water partition coefficient (Wildman–Crippen LogP) is 2.49. The molecular formula is Cl4N4. The van der Waals surface area contributed by atoms with Crippen LogP contribution in [-0.2, 0) is 0 Å². The summed E-state index contributed by atoms with van der Waals surface area (Å²) >= 11 is 19.8. The quantitative estimate of drug-likeness (QED) is 0.387. The van der Waals surface area contributed by atoms with Gasteiger partial charge in [-0.2, -0.15) is 0 Å². The Bertz CT molecular complexity index is 78.1. The molecule has 0 aromatic rings. The average molecular weight is 198 g/mol. The summed E-state index contributed by atoms with van der Waals surface area (Å²) in [7, 11) is 0. The van der Waals surface area contributed by atoms with Gasteiger partial charge >= 0.3 is 0 Å². The van der Waals surface area contributed by atoms with E-state index in [2.05, 4.69) is 9.86 Å². The highest BCUT2D eigenvalue weighted by atomic mass is 35.5. The Morgan fingerprint density at radius 2 is 1.62 bits per heavy atom. The molecule has 0 amide bonds. The van der Waals surface area contributed by atoms with Gasteiger partial charge in [0.25, 0.3) is 0 Å². The van der Waals surface area contributed by atoms with Gasteiger partial charge in [-0.3, -0.25) is 0 Å². The fraction of sp³-hybridized carbons (Fsp3) is 0. The molecule has 0 saturated heterocycles. The van der Waals surface area contributed by atoms with E-state index in [4.69, 9.17) is 47.1 Å². The van der Waals surface area contributed by atoms with E-state index in [1.807, 2.05) is 0 Å². The van der Waals surface area contributed by atoms with Gasteiger partial charge < -0.3 is 0 Å². The first kappa shape index (κ1) is 8.52. The molecule has 0 N–H and O–H groups in total. The molecule has 0 bridgehead atoms. The van der Waals surface area contributed by atoms with Gasteiger partial charge in [0.2, 0.25) is 0 Å². The van der Waals surface area contributed by atoms with Gasteiger partial charge in [0.1, 0.15) is 0 Å². The summed E-state index contributed by atoms with van der Waals surface area (Å²) in [6.45, 7) is 0. The molecule has 0 atom stereocenters. The van der Waals surface area contributed by atoms with Crippen LogP contribution in [-0.4, -0.2) is 8.68 Å². The largest absolute Gasteiger partial charge is 0.0799 e. The van der Waals surface area contributed by atoms with Crippen molar-refractivity contribution in [3.05, 3.63) is 0 Å². The standard InChI is InChI=1S/Cl4N4/c1-5-6-8(4)7(2)3. The fourth-order valence-corrected chi connectivity index (χ4v) is 0.251. The molecule has 0 radical (unpaired) electrons. The number of hydrogen-bond donors (Lipinski definition) is 0. The van der Waals surface area contributed by atoms with E-state index in [0.717, 1.165) is 0 Å². The molecule has 0 aromatic carbocycles. The van der Waals surface area contributed by atoms with Gasteiger partial charge in [0, 0.05) is 23.6 Å². The molecular weight excluding hydrogens is 198 g/mol. The van der Waals surface area contributed by atoms with Gasteiger partial charge in [0.15, 0.2) is 0 Å². The minimum absolute atomic E-state index is 0.452. The van der Waals surface area contributed by atoms with Crippen LogP contribution in [0.5, 0.6) is 0 Å². The highest BCUT2D eigenvalue weighted by Gasteiger charge is 2.01. The van der Waals surface area contributed by atoms with Crippen LogP contribution in [0.2, 0.25) is 0 Å². The molecule has 0 fully saturated rings. The van der Waals surface area contributed by atoms with Crippen LogP contribution >= 0.6 is 47.1 Å². The second-order valence-corrected chi connectivity index (χ2v) is 1.89. The lowest BCUT2D eigenvalue weighted by atomic mass is 12.5. The summed E-state index contributed by atoms with van der Waals surface area (Å²) in [5.41, 5.74) is 0. The third kappa shape index (κ3) is 3.51. The minimum atomic E-state index is 0.452. The van der Waals surface area contributed by atoms with E-state index in [0.29, 0.717) is 8.68 Å². The molecule has 0 saturated carbocycles. The summed E-state index contributed by atoms with van der Waals surface area (Å²) in [6.07, 6.45) is 0. The number of hydrazine groups is 1. The van der Waals surface area contributed by atoms with Crippen molar-refractivity contribution in [1.82, 2.24) is 8.68 Å². The number of halogens is 4. The minimum Gasteiger partial charge on any atom is -0.0799 e. The van der Waals surface area contributed by atoms with Crippen LogP contribution < -0.4 is 0 Å². The average Bonchev–Trinajstić information content (AvgIpc) is 1.67. The molecule has 0 unspecified atom stereocenters. The first-order chi connectivity index (χ1) is 3.68. The molecule has 8 heavy (non-hydrogen) atoms. The third-order valence-corrected chi connectivity index (χ3v) is 0.960. The number of rotatable bonds is 2. The van der Waals surface area contributed by atoms with Crippen molar-refractivity contribution < 1.29 is 0 Å². The van der Waals surface area contributed by atoms with Crippen LogP contribution in [0, 0.1) is 0 Å². The first-order valence-electron chi connectivity index (χ1n) is 1.28. The Balaban J connectivity index is 3.47.